The van der Waals surface area contributed by atoms with Crippen molar-refractivity contribution >= 4 is 10.0 Å². The SMILES string of the molecule is Cc1[nH]nc(-c2ccc(S(=O)(=O)NCc3ccccc3)o2)c1C. The second-order valence-electron chi connectivity index (χ2n) is 5.25. The van der Waals surface area contributed by atoms with E-state index in [2.05, 4.69) is 14.9 Å². The highest BCUT2D eigenvalue weighted by atomic mass is 32.2. The highest BCUT2D eigenvalue weighted by Gasteiger charge is 2.20. The van der Waals surface area contributed by atoms with Gasteiger partial charge in [0.1, 0.15) is 5.69 Å². The minimum Gasteiger partial charge on any atom is -0.442 e. The molecule has 23 heavy (non-hydrogen) atoms. The summed E-state index contributed by atoms with van der Waals surface area (Å²) in [6.07, 6.45) is 0. The van der Waals surface area contributed by atoms with E-state index in [-0.39, 0.29) is 11.6 Å². The van der Waals surface area contributed by atoms with Crippen molar-refractivity contribution in [1.82, 2.24) is 14.9 Å². The highest BCUT2D eigenvalue weighted by Crippen LogP contribution is 2.26. The van der Waals surface area contributed by atoms with E-state index in [0.29, 0.717) is 11.5 Å². The Morgan fingerprint density at radius 3 is 2.52 bits per heavy atom. The van der Waals surface area contributed by atoms with Crippen molar-refractivity contribution in [3.63, 3.8) is 0 Å². The van der Waals surface area contributed by atoms with Crippen LogP contribution in [0.2, 0.25) is 0 Å². The molecule has 0 aliphatic carbocycles. The Hall–Kier alpha value is -2.38. The quantitative estimate of drug-likeness (QED) is 0.752. The lowest BCUT2D eigenvalue weighted by Gasteiger charge is -2.04. The lowest BCUT2D eigenvalue weighted by molar-refractivity contribution is 0.454. The maximum atomic E-state index is 12.3. The number of hydrogen-bond acceptors (Lipinski definition) is 4. The van der Waals surface area contributed by atoms with Crippen LogP contribution in [-0.2, 0) is 16.6 Å². The molecule has 6 nitrogen and oxygen atoms in total. The third kappa shape index (κ3) is 3.20. The molecule has 0 bridgehead atoms. The molecule has 0 unspecified atom stereocenters. The molecule has 2 heterocycles. The van der Waals surface area contributed by atoms with Gasteiger partial charge >= 0.3 is 0 Å². The molecule has 7 heteroatoms. The first-order valence-electron chi connectivity index (χ1n) is 7.13. The Morgan fingerprint density at radius 2 is 1.87 bits per heavy atom. The largest absolute Gasteiger partial charge is 0.442 e. The molecule has 0 aliphatic heterocycles. The van der Waals surface area contributed by atoms with Crippen LogP contribution in [0.4, 0.5) is 0 Å². The van der Waals surface area contributed by atoms with E-state index in [4.69, 9.17) is 4.42 Å². The number of hydrogen-bond donors (Lipinski definition) is 2. The Bertz CT molecular complexity index is 911. The minimum absolute atomic E-state index is 0.122. The Morgan fingerprint density at radius 1 is 1.13 bits per heavy atom. The standard InChI is InChI=1S/C16H17N3O3S/c1-11-12(2)18-19-16(11)14-8-9-15(22-14)23(20,21)17-10-13-6-4-3-5-7-13/h3-9,17H,10H2,1-2H3,(H,18,19). The van der Waals surface area contributed by atoms with Gasteiger partial charge in [0.05, 0.1) is 0 Å². The molecular formula is C16H17N3O3S. The van der Waals surface area contributed by atoms with E-state index in [0.717, 1.165) is 16.8 Å². The predicted molar refractivity (Wildman–Crippen MR) is 86.2 cm³/mol. The van der Waals surface area contributed by atoms with Gasteiger partial charge in [-0.2, -0.15) is 5.10 Å². The molecule has 0 radical (unpaired) electrons. The zero-order valence-corrected chi connectivity index (χ0v) is 13.6. The molecule has 3 aromatic rings. The molecule has 2 N–H and O–H groups in total. The third-order valence-electron chi connectivity index (χ3n) is 3.64. The van der Waals surface area contributed by atoms with Gasteiger partial charge in [-0.1, -0.05) is 30.3 Å². The fourth-order valence-corrected chi connectivity index (χ4v) is 3.11. The summed E-state index contributed by atoms with van der Waals surface area (Å²) in [7, 11) is -3.71. The van der Waals surface area contributed by atoms with Gasteiger partial charge in [0, 0.05) is 17.8 Å². The molecule has 0 amide bonds. The second kappa shape index (κ2) is 6.02. The fraction of sp³-hybridized carbons (Fsp3) is 0.188. The van der Waals surface area contributed by atoms with Gasteiger partial charge in [0.25, 0.3) is 10.0 Å². The van der Waals surface area contributed by atoms with Gasteiger partial charge in [-0.05, 0) is 31.5 Å². The zero-order chi connectivity index (χ0) is 16.4. The van der Waals surface area contributed by atoms with Crippen LogP contribution >= 0.6 is 0 Å². The second-order valence-corrected chi connectivity index (χ2v) is 6.95. The fourth-order valence-electron chi connectivity index (χ4n) is 2.16. The van der Waals surface area contributed by atoms with Crippen LogP contribution in [0.3, 0.4) is 0 Å². The first-order chi connectivity index (χ1) is 11.0. The number of sulfonamides is 1. The summed E-state index contributed by atoms with van der Waals surface area (Å²) in [6, 6.07) is 12.4. The summed E-state index contributed by atoms with van der Waals surface area (Å²) >= 11 is 0. The van der Waals surface area contributed by atoms with Crippen LogP contribution in [0, 0.1) is 13.8 Å². The van der Waals surface area contributed by atoms with Crippen LogP contribution in [0.15, 0.2) is 52.0 Å². The van der Waals surface area contributed by atoms with E-state index in [1.54, 1.807) is 6.07 Å². The monoisotopic (exact) mass is 331 g/mol. The lowest BCUT2D eigenvalue weighted by atomic mass is 10.2. The first kappa shape index (κ1) is 15.5. The Labute approximate surface area is 134 Å². The van der Waals surface area contributed by atoms with Gasteiger partial charge in [-0.15, -0.1) is 0 Å². The van der Waals surface area contributed by atoms with Crippen molar-refractivity contribution in [3.8, 4) is 11.5 Å². The van der Waals surface area contributed by atoms with E-state index >= 15 is 0 Å². The predicted octanol–water partition coefficient (Wildman–Crippen LogP) is 2.77. The number of aromatic nitrogens is 2. The first-order valence-corrected chi connectivity index (χ1v) is 8.61. The molecular weight excluding hydrogens is 314 g/mol. The molecule has 0 aliphatic rings. The lowest BCUT2D eigenvalue weighted by Crippen LogP contribution is -2.22. The maximum absolute atomic E-state index is 12.3. The van der Waals surface area contributed by atoms with E-state index in [1.165, 1.54) is 6.07 Å². The third-order valence-corrected chi connectivity index (χ3v) is 4.92. The van der Waals surface area contributed by atoms with Gasteiger partial charge in [0.2, 0.25) is 5.09 Å². The molecule has 0 saturated carbocycles. The van der Waals surface area contributed by atoms with Crippen molar-refractivity contribution in [2.45, 2.75) is 25.5 Å². The van der Waals surface area contributed by atoms with Crippen LogP contribution in [0.5, 0.6) is 0 Å². The molecule has 1 aromatic carbocycles. The average Bonchev–Trinajstić information content (AvgIpc) is 3.15. The average molecular weight is 331 g/mol. The van der Waals surface area contributed by atoms with Crippen molar-refractivity contribution in [1.29, 1.82) is 0 Å². The number of aromatic amines is 1. The molecule has 2 aromatic heterocycles. The number of rotatable bonds is 5. The molecule has 120 valence electrons. The van der Waals surface area contributed by atoms with Crippen LogP contribution in [-0.4, -0.2) is 18.6 Å². The van der Waals surface area contributed by atoms with Crippen molar-refractivity contribution in [3.05, 3.63) is 59.3 Å². The molecule has 0 spiro atoms. The van der Waals surface area contributed by atoms with Gasteiger partial charge < -0.3 is 4.42 Å². The minimum atomic E-state index is -3.71. The molecule has 0 saturated heterocycles. The number of aryl methyl sites for hydroxylation is 1. The summed E-state index contributed by atoms with van der Waals surface area (Å²) in [5, 5.41) is 6.87. The van der Waals surface area contributed by atoms with Gasteiger partial charge in [0.15, 0.2) is 5.76 Å². The highest BCUT2D eigenvalue weighted by molar-refractivity contribution is 7.89. The molecule has 3 rings (SSSR count). The van der Waals surface area contributed by atoms with E-state index in [9.17, 15) is 8.42 Å². The normalized spacial score (nSPS) is 11.7. The van der Waals surface area contributed by atoms with Gasteiger partial charge in [-0.3, -0.25) is 5.10 Å². The van der Waals surface area contributed by atoms with Crippen molar-refractivity contribution in [2.24, 2.45) is 0 Å². The number of nitrogens with one attached hydrogen (secondary N) is 2. The molecule has 0 atom stereocenters. The van der Waals surface area contributed by atoms with Gasteiger partial charge in [-0.25, -0.2) is 13.1 Å². The number of nitrogens with zero attached hydrogens (tertiary/aromatic N) is 1. The van der Waals surface area contributed by atoms with Crippen LogP contribution < -0.4 is 4.72 Å². The number of furan rings is 1. The van der Waals surface area contributed by atoms with E-state index in [1.807, 2.05) is 44.2 Å². The zero-order valence-electron chi connectivity index (χ0n) is 12.8. The smallest absolute Gasteiger partial charge is 0.274 e. The van der Waals surface area contributed by atoms with Crippen LogP contribution in [0.1, 0.15) is 16.8 Å². The van der Waals surface area contributed by atoms with Crippen LogP contribution in [0.25, 0.3) is 11.5 Å². The maximum Gasteiger partial charge on any atom is 0.274 e. The summed E-state index contributed by atoms with van der Waals surface area (Å²) in [6.45, 7) is 4.01. The summed E-state index contributed by atoms with van der Waals surface area (Å²) in [4.78, 5) is 0. The number of H-pyrrole nitrogens is 1. The Kier molecular flexibility index (Phi) is 4.06. The molecule has 0 fully saturated rings. The summed E-state index contributed by atoms with van der Waals surface area (Å²) in [5.74, 6) is 0.423. The summed E-state index contributed by atoms with van der Waals surface area (Å²) in [5.41, 5.74) is 3.34. The Balaban J connectivity index is 1.80. The topological polar surface area (TPSA) is 88.0 Å². The van der Waals surface area contributed by atoms with Crippen molar-refractivity contribution < 1.29 is 12.8 Å². The summed E-state index contributed by atoms with van der Waals surface area (Å²) < 4.78 is 32.6. The van der Waals surface area contributed by atoms with E-state index < -0.39 is 10.0 Å². The van der Waals surface area contributed by atoms with Crippen molar-refractivity contribution in [2.75, 3.05) is 0 Å². The number of benzene rings is 1.